The molecule has 0 saturated heterocycles. The molecule has 0 saturated carbocycles. The van der Waals surface area contributed by atoms with E-state index in [0.29, 0.717) is 10.0 Å². The first-order valence-corrected chi connectivity index (χ1v) is 15.5. The number of anilines is 1. The van der Waals surface area contributed by atoms with Gasteiger partial charge in [-0.15, -0.1) is 0 Å². The second-order valence-electron chi connectivity index (χ2n) is 9.82. The Morgan fingerprint density at radius 3 is 2.14 bits per heavy atom. The average molecular weight is 632 g/mol. The molecule has 0 bridgehead atoms. The second kappa shape index (κ2) is 12.9. The van der Waals surface area contributed by atoms with E-state index >= 15 is 0 Å². The molecule has 7 nitrogen and oxygen atoms in total. The van der Waals surface area contributed by atoms with E-state index in [1.165, 1.54) is 16.4 Å². The van der Waals surface area contributed by atoms with Gasteiger partial charge in [-0.1, -0.05) is 83.9 Å². The molecule has 0 unspecified atom stereocenters. The summed E-state index contributed by atoms with van der Waals surface area (Å²) in [5.74, 6) is -0.552. The van der Waals surface area contributed by atoms with Crippen LogP contribution in [0.5, 0.6) is 0 Å². The van der Waals surface area contributed by atoms with Crippen LogP contribution in [0.15, 0.2) is 119 Å². The molecule has 0 aliphatic carbocycles. The quantitative estimate of drug-likeness (QED) is 0.135. The van der Waals surface area contributed by atoms with E-state index in [-0.39, 0.29) is 22.7 Å². The Balaban J connectivity index is 1.45. The van der Waals surface area contributed by atoms with E-state index in [1.807, 2.05) is 66.9 Å². The molecular formula is C33H28Cl2N4O3S. The van der Waals surface area contributed by atoms with E-state index in [4.69, 9.17) is 23.2 Å². The van der Waals surface area contributed by atoms with Crippen LogP contribution in [-0.2, 0) is 16.6 Å². The van der Waals surface area contributed by atoms with Gasteiger partial charge in [-0.25, -0.2) is 13.8 Å². The molecule has 0 aliphatic heterocycles. The molecule has 218 valence electrons. The van der Waals surface area contributed by atoms with Crippen molar-refractivity contribution in [2.24, 2.45) is 5.10 Å². The lowest BCUT2D eigenvalue weighted by atomic mass is 10.1. The van der Waals surface area contributed by atoms with E-state index in [9.17, 15) is 13.2 Å². The fraction of sp³-hybridized carbons (Fsp3) is 0.0909. The van der Waals surface area contributed by atoms with Crippen LogP contribution in [0, 0.1) is 13.8 Å². The summed E-state index contributed by atoms with van der Waals surface area (Å²) in [7, 11) is -4.02. The largest absolute Gasteiger partial charge is 0.318 e. The zero-order valence-electron chi connectivity index (χ0n) is 23.4. The van der Waals surface area contributed by atoms with Gasteiger partial charge in [0.25, 0.3) is 15.9 Å². The molecule has 5 rings (SSSR count). The zero-order chi connectivity index (χ0) is 30.6. The maximum atomic E-state index is 13.9. The highest BCUT2D eigenvalue weighted by Gasteiger charge is 2.28. The SMILES string of the molecule is Cc1cc(/C=N/NC(=O)c2ccccc2N(Cc2ccccc2)S(=O)(=O)c2ccccc2)c(C)n1-c1cc(Cl)cc(Cl)c1. The number of halogens is 2. The van der Waals surface area contributed by atoms with Crippen LogP contribution in [0.2, 0.25) is 10.0 Å². The van der Waals surface area contributed by atoms with Crippen LogP contribution >= 0.6 is 23.2 Å². The first kappa shape index (κ1) is 30.1. The third-order valence-electron chi connectivity index (χ3n) is 6.86. The predicted molar refractivity (Wildman–Crippen MR) is 173 cm³/mol. The summed E-state index contributed by atoms with van der Waals surface area (Å²) in [6.07, 6.45) is 1.55. The van der Waals surface area contributed by atoms with Gasteiger partial charge in [-0.3, -0.25) is 9.10 Å². The van der Waals surface area contributed by atoms with Crippen LogP contribution in [0.25, 0.3) is 5.69 Å². The van der Waals surface area contributed by atoms with Crippen molar-refractivity contribution in [3.63, 3.8) is 0 Å². The van der Waals surface area contributed by atoms with Crippen molar-refractivity contribution in [2.45, 2.75) is 25.3 Å². The number of benzene rings is 4. The Hall–Kier alpha value is -4.37. The summed E-state index contributed by atoms with van der Waals surface area (Å²) >= 11 is 12.4. The molecule has 43 heavy (non-hydrogen) atoms. The number of para-hydroxylation sites is 1. The van der Waals surface area contributed by atoms with Crippen molar-refractivity contribution in [1.82, 2.24) is 9.99 Å². The molecular weight excluding hydrogens is 603 g/mol. The molecule has 1 amide bonds. The van der Waals surface area contributed by atoms with Gasteiger partial charge in [0.15, 0.2) is 0 Å². The highest BCUT2D eigenvalue weighted by Crippen LogP contribution is 2.30. The molecule has 5 aromatic rings. The van der Waals surface area contributed by atoms with Gasteiger partial charge >= 0.3 is 0 Å². The Kier molecular flexibility index (Phi) is 9.01. The summed E-state index contributed by atoms with van der Waals surface area (Å²) in [4.78, 5) is 13.6. The lowest BCUT2D eigenvalue weighted by Gasteiger charge is -2.26. The smallest absolute Gasteiger partial charge is 0.273 e. The first-order valence-electron chi connectivity index (χ1n) is 13.3. The first-order chi connectivity index (χ1) is 20.6. The number of hydrogen-bond donors (Lipinski definition) is 1. The minimum atomic E-state index is -4.02. The number of nitrogens with zero attached hydrogens (tertiary/aromatic N) is 3. The molecule has 4 aromatic carbocycles. The fourth-order valence-corrected chi connectivity index (χ4v) is 6.86. The third kappa shape index (κ3) is 6.67. The number of amides is 1. The van der Waals surface area contributed by atoms with Crippen molar-refractivity contribution in [3.05, 3.63) is 147 Å². The van der Waals surface area contributed by atoms with Crippen LogP contribution < -0.4 is 9.73 Å². The molecule has 0 atom stereocenters. The van der Waals surface area contributed by atoms with Crippen LogP contribution in [0.1, 0.15) is 32.9 Å². The highest BCUT2D eigenvalue weighted by atomic mass is 35.5. The second-order valence-corrected chi connectivity index (χ2v) is 12.6. The summed E-state index contributed by atoms with van der Waals surface area (Å²) in [5.41, 5.74) is 7.12. The molecule has 1 heterocycles. The number of aromatic nitrogens is 1. The lowest BCUT2D eigenvalue weighted by molar-refractivity contribution is 0.0955. The van der Waals surface area contributed by atoms with Crippen molar-refractivity contribution >= 4 is 51.0 Å². The van der Waals surface area contributed by atoms with E-state index < -0.39 is 15.9 Å². The Morgan fingerprint density at radius 1 is 0.860 bits per heavy atom. The van der Waals surface area contributed by atoms with Crippen molar-refractivity contribution < 1.29 is 13.2 Å². The fourth-order valence-electron chi connectivity index (χ4n) is 4.86. The molecule has 1 N–H and O–H groups in total. The normalized spacial score (nSPS) is 11.5. The summed E-state index contributed by atoms with van der Waals surface area (Å²) in [6, 6.07) is 31.2. The average Bonchev–Trinajstić information content (AvgIpc) is 3.28. The van der Waals surface area contributed by atoms with Gasteiger partial charge in [0.2, 0.25) is 0 Å². The highest BCUT2D eigenvalue weighted by molar-refractivity contribution is 7.92. The van der Waals surface area contributed by atoms with Crippen molar-refractivity contribution in [3.8, 4) is 5.69 Å². The van der Waals surface area contributed by atoms with Gasteiger partial charge in [-0.2, -0.15) is 5.10 Å². The van der Waals surface area contributed by atoms with Gasteiger partial charge < -0.3 is 4.57 Å². The van der Waals surface area contributed by atoms with E-state index in [0.717, 1.165) is 28.2 Å². The molecule has 0 fully saturated rings. The van der Waals surface area contributed by atoms with Crippen LogP contribution in [-0.4, -0.2) is 25.1 Å². The molecule has 1 aromatic heterocycles. The minimum Gasteiger partial charge on any atom is -0.318 e. The number of hydrazone groups is 1. The topological polar surface area (TPSA) is 83.8 Å². The van der Waals surface area contributed by atoms with Gasteiger partial charge in [0.05, 0.1) is 28.9 Å². The zero-order valence-corrected chi connectivity index (χ0v) is 25.7. The van der Waals surface area contributed by atoms with E-state index in [2.05, 4.69) is 10.5 Å². The Morgan fingerprint density at radius 2 is 1.47 bits per heavy atom. The number of carbonyl (C=O) groups excluding carboxylic acids is 1. The summed E-state index contributed by atoms with van der Waals surface area (Å²) < 4.78 is 31.0. The third-order valence-corrected chi connectivity index (χ3v) is 9.07. The standard InChI is InChI=1S/C33H28Cl2N4O3S/c1-23-17-26(24(2)39(23)29-19-27(34)18-28(35)20-29)21-36-37-33(40)31-15-9-10-16-32(31)38(22-25-11-5-3-6-12-25)43(41,42)30-13-7-4-8-14-30/h3-21H,22H2,1-2H3,(H,37,40)/b36-21+. The van der Waals surface area contributed by atoms with Gasteiger partial charge in [0.1, 0.15) is 0 Å². The monoisotopic (exact) mass is 630 g/mol. The van der Waals surface area contributed by atoms with Crippen molar-refractivity contribution in [1.29, 1.82) is 0 Å². The molecule has 0 spiro atoms. The lowest BCUT2D eigenvalue weighted by Crippen LogP contribution is -2.33. The number of carbonyl (C=O) groups is 1. The van der Waals surface area contributed by atoms with E-state index in [1.54, 1.807) is 54.7 Å². The Bertz CT molecular complexity index is 1890. The number of hydrogen-bond acceptors (Lipinski definition) is 4. The van der Waals surface area contributed by atoms with Gasteiger partial charge in [0, 0.05) is 32.7 Å². The van der Waals surface area contributed by atoms with Crippen LogP contribution in [0.3, 0.4) is 0 Å². The molecule has 10 heteroatoms. The molecule has 0 aliphatic rings. The number of aryl methyl sites for hydroxylation is 1. The van der Waals surface area contributed by atoms with Gasteiger partial charge in [-0.05, 0) is 67.9 Å². The molecule has 0 radical (unpaired) electrons. The maximum absolute atomic E-state index is 13.9. The summed E-state index contributed by atoms with van der Waals surface area (Å²) in [5, 5.41) is 5.25. The maximum Gasteiger partial charge on any atom is 0.273 e. The minimum absolute atomic E-state index is 0.0329. The Labute approximate surface area is 261 Å². The number of sulfonamides is 1. The number of nitrogens with one attached hydrogen (secondary N) is 1. The van der Waals surface area contributed by atoms with Crippen LogP contribution in [0.4, 0.5) is 5.69 Å². The summed E-state index contributed by atoms with van der Waals surface area (Å²) in [6.45, 7) is 3.91. The van der Waals surface area contributed by atoms with Crippen molar-refractivity contribution in [2.75, 3.05) is 4.31 Å². The number of rotatable bonds is 9. The predicted octanol–water partition coefficient (Wildman–Crippen LogP) is 7.56.